The standard InChI is InChI=1S/C16H19N3O3/c17-12(15(20)19-7-3-6-14(19)16(21)22)8-10-9-18-13-5-2-1-4-11(10)13/h1-2,4-5,9,12,14,18H,3,6-8,17H2,(H,21,22)/t12-,14-/m0/s1. The van der Waals surface area contributed by atoms with E-state index in [0.29, 0.717) is 25.8 Å². The number of amides is 1. The van der Waals surface area contributed by atoms with Gasteiger partial charge in [0.05, 0.1) is 6.04 Å². The number of carboxylic acids is 1. The molecule has 0 radical (unpaired) electrons. The quantitative estimate of drug-likeness (QED) is 0.787. The van der Waals surface area contributed by atoms with Gasteiger partial charge in [-0.2, -0.15) is 0 Å². The third-order valence-corrected chi connectivity index (χ3v) is 4.25. The van der Waals surface area contributed by atoms with Crippen molar-refractivity contribution in [1.82, 2.24) is 9.88 Å². The molecule has 1 saturated heterocycles. The van der Waals surface area contributed by atoms with Gasteiger partial charge in [0, 0.05) is 23.6 Å². The molecule has 0 unspecified atom stereocenters. The summed E-state index contributed by atoms with van der Waals surface area (Å²) in [5.41, 5.74) is 8.02. The highest BCUT2D eigenvalue weighted by Gasteiger charge is 2.36. The summed E-state index contributed by atoms with van der Waals surface area (Å²) in [6, 6.07) is 6.37. The SMILES string of the molecule is N[C@@H](Cc1c[nH]c2ccccc12)C(=O)N1CCC[C@H]1C(=O)O. The number of aromatic amines is 1. The number of nitrogens with two attached hydrogens (primary N) is 1. The number of aromatic nitrogens is 1. The van der Waals surface area contributed by atoms with E-state index in [4.69, 9.17) is 5.73 Å². The molecule has 1 aliphatic rings. The number of likely N-dealkylation sites (tertiary alicyclic amines) is 1. The van der Waals surface area contributed by atoms with Crippen molar-refractivity contribution in [2.45, 2.75) is 31.3 Å². The number of para-hydroxylation sites is 1. The molecule has 3 rings (SSSR count). The van der Waals surface area contributed by atoms with Crippen molar-refractivity contribution in [3.8, 4) is 0 Å². The maximum absolute atomic E-state index is 12.4. The van der Waals surface area contributed by atoms with Gasteiger partial charge in [-0.3, -0.25) is 4.79 Å². The Hall–Kier alpha value is -2.34. The molecule has 1 fully saturated rings. The first kappa shape index (κ1) is 14.6. The smallest absolute Gasteiger partial charge is 0.326 e. The molecule has 0 bridgehead atoms. The fourth-order valence-corrected chi connectivity index (χ4v) is 3.12. The molecule has 2 heterocycles. The number of carboxylic acid groups (broad SMARTS) is 1. The Morgan fingerprint density at radius 1 is 1.41 bits per heavy atom. The third-order valence-electron chi connectivity index (χ3n) is 4.25. The lowest BCUT2D eigenvalue weighted by molar-refractivity contribution is -0.148. The number of rotatable bonds is 4. The first-order valence-electron chi connectivity index (χ1n) is 7.42. The van der Waals surface area contributed by atoms with E-state index in [1.54, 1.807) is 0 Å². The molecule has 2 atom stereocenters. The van der Waals surface area contributed by atoms with Gasteiger partial charge in [0.2, 0.25) is 5.91 Å². The van der Waals surface area contributed by atoms with Gasteiger partial charge in [0.15, 0.2) is 0 Å². The first-order chi connectivity index (χ1) is 10.6. The predicted molar refractivity (Wildman–Crippen MR) is 82.3 cm³/mol. The van der Waals surface area contributed by atoms with Crippen LogP contribution in [0.4, 0.5) is 0 Å². The zero-order valence-electron chi connectivity index (χ0n) is 12.2. The van der Waals surface area contributed by atoms with Gasteiger partial charge >= 0.3 is 5.97 Å². The van der Waals surface area contributed by atoms with Crippen molar-refractivity contribution in [2.24, 2.45) is 5.73 Å². The molecule has 1 aliphatic heterocycles. The average Bonchev–Trinajstić information content (AvgIpc) is 3.14. The second-order valence-electron chi connectivity index (χ2n) is 5.70. The van der Waals surface area contributed by atoms with Crippen molar-refractivity contribution < 1.29 is 14.7 Å². The molecule has 22 heavy (non-hydrogen) atoms. The fourth-order valence-electron chi connectivity index (χ4n) is 3.12. The normalized spacial score (nSPS) is 19.5. The van der Waals surface area contributed by atoms with Gasteiger partial charge in [-0.1, -0.05) is 18.2 Å². The Labute approximate surface area is 127 Å². The first-order valence-corrected chi connectivity index (χ1v) is 7.42. The third kappa shape index (κ3) is 2.57. The average molecular weight is 301 g/mol. The Kier molecular flexibility index (Phi) is 3.85. The molecule has 0 spiro atoms. The number of carbonyl (C=O) groups is 2. The van der Waals surface area contributed by atoms with Crippen LogP contribution in [0.25, 0.3) is 10.9 Å². The molecule has 6 nitrogen and oxygen atoms in total. The van der Waals surface area contributed by atoms with Crippen LogP contribution < -0.4 is 5.73 Å². The van der Waals surface area contributed by atoms with E-state index in [1.807, 2.05) is 30.5 Å². The Bertz CT molecular complexity index is 709. The van der Waals surface area contributed by atoms with Gasteiger partial charge in [-0.15, -0.1) is 0 Å². The van der Waals surface area contributed by atoms with Crippen molar-refractivity contribution in [1.29, 1.82) is 0 Å². The minimum Gasteiger partial charge on any atom is -0.480 e. The van der Waals surface area contributed by atoms with E-state index >= 15 is 0 Å². The topological polar surface area (TPSA) is 99.4 Å². The number of nitrogens with one attached hydrogen (secondary N) is 1. The van der Waals surface area contributed by atoms with Crippen molar-refractivity contribution in [2.75, 3.05) is 6.54 Å². The van der Waals surface area contributed by atoms with E-state index in [-0.39, 0.29) is 5.91 Å². The largest absolute Gasteiger partial charge is 0.480 e. The summed E-state index contributed by atoms with van der Waals surface area (Å²) < 4.78 is 0. The van der Waals surface area contributed by atoms with Crippen molar-refractivity contribution in [3.05, 3.63) is 36.0 Å². The van der Waals surface area contributed by atoms with Crippen LogP contribution in [0.15, 0.2) is 30.5 Å². The number of hydrogen-bond donors (Lipinski definition) is 3. The second-order valence-corrected chi connectivity index (χ2v) is 5.70. The molecular formula is C16H19N3O3. The number of aliphatic carboxylic acids is 1. The maximum atomic E-state index is 12.4. The number of benzene rings is 1. The minimum absolute atomic E-state index is 0.282. The molecule has 1 aromatic carbocycles. The van der Waals surface area contributed by atoms with Gasteiger partial charge < -0.3 is 20.7 Å². The molecule has 1 amide bonds. The molecular weight excluding hydrogens is 282 g/mol. The summed E-state index contributed by atoms with van der Waals surface area (Å²) in [6.45, 7) is 0.470. The molecule has 0 saturated carbocycles. The number of H-pyrrole nitrogens is 1. The van der Waals surface area contributed by atoms with E-state index in [0.717, 1.165) is 16.5 Å². The maximum Gasteiger partial charge on any atom is 0.326 e. The van der Waals surface area contributed by atoms with Crippen LogP contribution >= 0.6 is 0 Å². The molecule has 116 valence electrons. The Morgan fingerprint density at radius 2 is 2.18 bits per heavy atom. The number of carbonyl (C=O) groups excluding carboxylic acids is 1. The van der Waals surface area contributed by atoms with Gasteiger partial charge in [0.25, 0.3) is 0 Å². The highest BCUT2D eigenvalue weighted by molar-refractivity contribution is 5.89. The van der Waals surface area contributed by atoms with Crippen LogP contribution in [-0.4, -0.2) is 45.5 Å². The zero-order chi connectivity index (χ0) is 15.7. The second kappa shape index (κ2) is 5.81. The number of nitrogens with zero attached hydrogens (tertiary/aromatic N) is 1. The van der Waals surface area contributed by atoms with Gasteiger partial charge in [-0.05, 0) is 30.9 Å². The minimum atomic E-state index is -0.954. The van der Waals surface area contributed by atoms with E-state index < -0.39 is 18.1 Å². The van der Waals surface area contributed by atoms with Crippen LogP contribution in [0.2, 0.25) is 0 Å². The molecule has 0 aliphatic carbocycles. The molecule has 1 aromatic heterocycles. The molecule has 4 N–H and O–H groups in total. The summed E-state index contributed by atoms with van der Waals surface area (Å²) in [5.74, 6) is -1.24. The lowest BCUT2D eigenvalue weighted by atomic mass is 10.0. The summed E-state index contributed by atoms with van der Waals surface area (Å²) >= 11 is 0. The predicted octanol–water partition coefficient (Wildman–Crippen LogP) is 1.11. The highest BCUT2D eigenvalue weighted by Crippen LogP contribution is 2.22. The number of hydrogen-bond acceptors (Lipinski definition) is 3. The van der Waals surface area contributed by atoms with Crippen LogP contribution in [0.3, 0.4) is 0 Å². The fraction of sp³-hybridized carbons (Fsp3) is 0.375. The zero-order valence-corrected chi connectivity index (χ0v) is 12.2. The lowest BCUT2D eigenvalue weighted by Gasteiger charge is -2.24. The lowest BCUT2D eigenvalue weighted by Crippen LogP contribution is -2.49. The summed E-state index contributed by atoms with van der Waals surface area (Å²) in [4.78, 5) is 28.2. The van der Waals surface area contributed by atoms with Gasteiger partial charge in [0.1, 0.15) is 6.04 Å². The van der Waals surface area contributed by atoms with E-state index in [9.17, 15) is 14.7 Å². The van der Waals surface area contributed by atoms with E-state index in [2.05, 4.69) is 4.98 Å². The van der Waals surface area contributed by atoms with Crippen LogP contribution in [0.5, 0.6) is 0 Å². The molecule has 6 heteroatoms. The monoisotopic (exact) mass is 301 g/mol. The Balaban J connectivity index is 1.75. The summed E-state index contributed by atoms with van der Waals surface area (Å²) in [5, 5.41) is 10.2. The van der Waals surface area contributed by atoms with Crippen molar-refractivity contribution >= 4 is 22.8 Å². The Morgan fingerprint density at radius 3 is 2.95 bits per heavy atom. The summed E-state index contributed by atoms with van der Waals surface area (Å²) in [7, 11) is 0. The van der Waals surface area contributed by atoms with Crippen LogP contribution in [-0.2, 0) is 16.0 Å². The molecule has 2 aromatic rings. The highest BCUT2D eigenvalue weighted by atomic mass is 16.4. The summed E-state index contributed by atoms with van der Waals surface area (Å²) in [6.07, 6.45) is 3.46. The van der Waals surface area contributed by atoms with Crippen LogP contribution in [0, 0.1) is 0 Å². The van der Waals surface area contributed by atoms with Crippen molar-refractivity contribution in [3.63, 3.8) is 0 Å². The van der Waals surface area contributed by atoms with E-state index in [1.165, 1.54) is 4.90 Å². The van der Waals surface area contributed by atoms with Crippen LogP contribution in [0.1, 0.15) is 18.4 Å². The van der Waals surface area contributed by atoms with Gasteiger partial charge in [-0.25, -0.2) is 4.79 Å². The number of fused-ring (bicyclic) bond motifs is 1.